The Balaban J connectivity index is 1.67. The standard InChI is InChI=1S/C20H19N3O2/c1-14-3-5-15(6-4-14)13-19(24)21-17-9-7-16(8-10-17)18-11-12-20(25)23(2)22-18/h3-12H,13H2,1-2H3,(H,21,24). The lowest BCUT2D eigenvalue weighted by molar-refractivity contribution is -0.115. The Morgan fingerprint density at radius 1 is 1.00 bits per heavy atom. The van der Waals surface area contributed by atoms with Gasteiger partial charge in [0, 0.05) is 24.4 Å². The van der Waals surface area contributed by atoms with Crippen LogP contribution in [-0.2, 0) is 18.3 Å². The van der Waals surface area contributed by atoms with E-state index in [2.05, 4.69) is 10.4 Å². The van der Waals surface area contributed by atoms with Crippen LogP contribution in [0.4, 0.5) is 5.69 Å². The molecule has 0 aliphatic heterocycles. The molecule has 5 nitrogen and oxygen atoms in total. The maximum atomic E-state index is 12.1. The van der Waals surface area contributed by atoms with Crippen molar-refractivity contribution in [1.29, 1.82) is 0 Å². The summed E-state index contributed by atoms with van der Waals surface area (Å²) in [7, 11) is 1.62. The number of nitrogens with one attached hydrogen (secondary N) is 1. The zero-order valence-corrected chi connectivity index (χ0v) is 14.2. The van der Waals surface area contributed by atoms with Crippen molar-refractivity contribution >= 4 is 11.6 Å². The van der Waals surface area contributed by atoms with Gasteiger partial charge in [-0.2, -0.15) is 5.10 Å². The summed E-state index contributed by atoms with van der Waals surface area (Å²) in [6, 6.07) is 18.5. The second kappa shape index (κ2) is 7.13. The maximum Gasteiger partial charge on any atom is 0.266 e. The van der Waals surface area contributed by atoms with Crippen molar-refractivity contribution in [2.75, 3.05) is 5.32 Å². The summed E-state index contributed by atoms with van der Waals surface area (Å²) in [6.45, 7) is 2.02. The minimum Gasteiger partial charge on any atom is -0.326 e. The van der Waals surface area contributed by atoms with Crippen LogP contribution in [0.1, 0.15) is 11.1 Å². The van der Waals surface area contributed by atoms with E-state index in [-0.39, 0.29) is 11.5 Å². The molecule has 0 aliphatic carbocycles. The molecule has 1 aromatic heterocycles. The number of amides is 1. The highest BCUT2D eigenvalue weighted by atomic mass is 16.1. The third-order valence-corrected chi connectivity index (χ3v) is 3.91. The van der Waals surface area contributed by atoms with E-state index >= 15 is 0 Å². The van der Waals surface area contributed by atoms with E-state index in [0.717, 1.165) is 16.8 Å². The lowest BCUT2D eigenvalue weighted by Gasteiger charge is -2.07. The SMILES string of the molecule is Cc1ccc(CC(=O)Nc2ccc(-c3ccc(=O)n(C)n3)cc2)cc1. The van der Waals surface area contributed by atoms with E-state index in [1.54, 1.807) is 13.1 Å². The Bertz CT molecular complexity index is 942. The van der Waals surface area contributed by atoms with E-state index in [9.17, 15) is 9.59 Å². The van der Waals surface area contributed by atoms with E-state index in [4.69, 9.17) is 0 Å². The molecule has 0 bridgehead atoms. The largest absolute Gasteiger partial charge is 0.326 e. The van der Waals surface area contributed by atoms with Crippen molar-refractivity contribution in [1.82, 2.24) is 9.78 Å². The number of benzene rings is 2. The quantitative estimate of drug-likeness (QED) is 0.798. The zero-order valence-electron chi connectivity index (χ0n) is 14.2. The van der Waals surface area contributed by atoms with Gasteiger partial charge in [0.2, 0.25) is 5.91 Å². The van der Waals surface area contributed by atoms with E-state index in [1.165, 1.54) is 16.3 Å². The molecule has 126 valence electrons. The van der Waals surface area contributed by atoms with Gasteiger partial charge in [0.15, 0.2) is 0 Å². The van der Waals surface area contributed by atoms with E-state index in [0.29, 0.717) is 12.1 Å². The Hall–Kier alpha value is -3.21. The van der Waals surface area contributed by atoms with Crippen LogP contribution in [0.2, 0.25) is 0 Å². The first-order valence-electron chi connectivity index (χ1n) is 8.01. The number of hydrogen-bond acceptors (Lipinski definition) is 3. The predicted molar refractivity (Wildman–Crippen MR) is 98.4 cm³/mol. The van der Waals surface area contributed by atoms with Crippen LogP contribution in [0, 0.1) is 6.92 Å². The van der Waals surface area contributed by atoms with Gasteiger partial charge in [0.25, 0.3) is 5.56 Å². The molecule has 2 aromatic carbocycles. The molecule has 0 saturated heterocycles. The van der Waals surface area contributed by atoms with Gasteiger partial charge in [-0.25, -0.2) is 4.68 Å². The molecule has 0 aliphatic rings. The number of nitrogens with zero attached hydrogens (tertiary/aromatic N) is 2. The highest BCUT2D eigenvalue weighted by molar-refractivity contribution is 5.92. The molecule has 0 unspecified atom stereocenters. The second-order valence-electron chi connectivity index (χ2n) is 5.97. The number of aryl methyl sites for hydroxylation is 2. The van der Waals surface area contributed by atoms with Crippen molar-refractivity contribution in [3.8, 4) is 11.3 Å². The number of hydrogen-bond donors (Lipinski definition) is 1. The number of anilines is 1. The van der Waals surface area contributed by atoms with Gasteiger partial charge in [0.1, 0.15) is 0 Å². The predicted octanol–water partition coefficient (Wildman–Crippen LogP) is 2.94. The molecule has 1 N–H and O–H groups in total. The fourth-order valence-electron chi connectivity index (χ4n) is 2.48. The summed E-state index contributed by atoms with van der Waals surface area (Å²) in [5.41, 5.74) is 4.32. The minimum atomic E-state index is -0.149. The first-order valence-corrected chi connectivity index (χ1v) is 8.01. The van der Waals surface area contributed by atoms with Crippen LogP contribution in [0.15, 0.2) is 65.5 Å². The first-order chi connectivity index (χ1) is 12.0. The van der Waals surface area contributed by atoms with Gasteiger partial charge in [-0.1, -0.05) is 42.0 Å². The first kappa shape index (κ1) is 16.6. The van der Waals surface area contributed by atoms with Crippen molar-refractivity contribution in [3.63, 3.8) is 0 Å². The Kier molecular flexibility index (Phi) is 4.75. The number of aromatic nitrogens is 2. The van der Waals surface area contributed by atoms with Gasteiger partial charge in [-0.15, -0.1) is 0 Å². The summed E-state index contributed by atoms with van der Waals surface area (Å²) < 4.78 is 1.30. The van der Waals surface area contributed by atoms with Crippen molar-refractivity contribution in [3.05, 3.63) is 82.1 Å². The highest BCUT2D eigenvalue weighted by Gasteiger charge is 2.06. The van der Waals surface area contributed by atoms with Crippen LogP contribution in [0.5, 0.6) is 0 Å². The van der Waals surface area contributed by atoms with Crippen molar-refractivity contribution in [2.24, 2.45) is 7.05 Å². The molecule has 3 aromatic rings. The van der Waals surface area contributed by atoms with Crippen LogP contribution >= 0.6 is 0 Å². The molecule has 3 rings (SSSR count). The normalized spacial score (nSPS) is 10.5. The molecular weight excluding hydrogens is 314 g/mol. The van der Waals surface area contributed by atoms with Gasteiger partial charge < -0.3 is 5.32 Å². The summed E-state index contributed by atoms with van der Waals surface area (Å²) in [6.07, 6.45) is 0.338. The molecule has 0 spiro atoms. The molecule has 0 fully saturated rings. The van der Waals surface area contributed by atoms with Gasteiger partial charge in [0.05, 0.1) is 12.1 Å². The molecule has 5 heteroatoms. The van der Waals surface area contributed by atoms with Crippen molar-refractivity contribution < 1.29 is 4.79 Å². The smallest absolute Gasteiger partial charge is 0.266 e. The van der Waals surface area contributed by atoms with Crippen LogP contribution in [0.25, 0.3) is 11.3 Å². The highest BCUT2D eigenvalue weighted by Crippen LogP contribution is 2.18. The zero-order chi connectivity index (χ0) is 17.8. The molecule has 0 saturated carbocycles. The van der Waals surface area contributed by atoms with Crippen LogP contribution in [0.3, 0.4) is 0 Å². The summed E-state index contributed by atoms with van der Waals surface area (Å²) in [5, 5.41) is 7.10. The Morgan fingerprint density at radius 2 is 1.68 bits per heavy atom. The van der Waals surface area contributed by atoms with E-state index in [1.807, 2.05) is 55.5 Å². The molecular formula is C20H19N3O2. The molecule has 0 radical (unpaired) electrons. The average Bonchev–Trinajstić information content (AvgIpc) is 2.60. The fraction of sp³-hybridized carbons (Fsp3) is 0.150. The molecule has 25 heavy (non-hydrogen) atoms. The number of carbonyl (C=O) groups excluding carboxylic acids is 1. The van der Waals surface area contributed by atoms with Crippen molar-refractivity contribution in [2.45, 2.75) is 13.3 Å². The minimum absolute atomic E-state index is 0.0585. The third-order valence-electron chi connectivity index (χ3n) is 3.91. The second-order valence-corrected chi connectivity index (χ2v) is 5.97. The van der Waals surface area contributed by atoms with E-state index < -0.39 is 0 Å². The third kappa shape index (κ3) is 4.20. The average molecular weight is 333 g/mol. The number of rotatable bonds is 4. The van der Waals surface area contributed by atoms with Crippen LogP contribution < -0.4 is 10.9 Å². The van der Waals surface area contributed by atoms with Gasteiger partial charge in [-0.3, -0.25) is 9.59 Å². The maximum absolute atomic E-state index is 12.1. The Labute approximate surface area is 145 Å². The van der Waals surface area contributed by atoms with Crippen LogP contribution in [-0.4, -0.2) is 15.7 Å². The summed E-state index contributed by atoms with van der Waals surface area (Å²) in [5.74, 6) is -0.0585. The van der Waals surface area contributed by atoms with Gasteiger partial charge >= 0.3 is 0 Å². The monoisotopic (exact) mass is 333 g/mol. The topological polar surface area (TPSA) is 64.0 Å². The molecule has 1 heterocycles. The fourth-order valence-corrected chi connectivity index (χ4v) is 2.48. The summed E-state index contributed by atoms with van der Waals surface area (Å²) in [4.78, 5) is 23.5. The Morgan fingerprint density at radius 3 is 2.32 bits per heavy atom. The molecule has 0 atom stereocenters. The lowest BCUT2D eigenvalue weighted by atomic mass is 10.1. The van der Waals surface area contributed by atoms with Gasteiger partial charge in [-0.05, 0) is 30.7 Å². The molecule has 1 amide bonds. The summed E-state index contributed by atoms with van der Waals surface area (Å²) >= 11 is 0. The lowest BCUT2D eigenvalue weighted by Crippen LogP contribution is -2.18. The number of carbonyl (C=O) groups is 1.